The Morgan fingerprint density at radius 2 is 2.11 bits per heavy atom. The van der Waals surface area contributed by atoms with Gasteiger partial charge in [0.25, 0.3) is 0 Å². The van der Waals surface area contributed by atoms with Crippen LogP contribution in [0.2, 0.25) is 0 Å². The van der Waals surface area contributed by atoms with Gasteiger partial charge in [0.15, 0.2) is 11.0 Å². The van der Waals surface area contributed by atoms with Crippen molar-refractivity contribution in [3.63, 3.8) is 0 Å². The zero-order chi connectivity index (χ0) is 14.0. The second kappa shape index (κ2) is 5.31. The third kappa shape index (κ3) is 2.55. The molecule has 0 aliphatic rings. The minimum absolute atomic E-state index is 0.0880. The lowest BCUT2D eigenvalue weighted by atomic mass is 10.1. The van der Waals surface area contributed by atoms with Crippen LogP contribution in [0, 0.1) is 13.8 Å². The van der Waals surface area contributed by atoms with E-state index in [2.05, 4.69) is 15.4 Å². The summed E-state index contributed by atoms with van der Waals surface area (Å²) >= 11 is 1.45. The Labute approximate surface area is 115 Å². The van der Waals surface area contributed by atoms with Crippen LogP contribution in [0.15, 0.2) is 33.4 Å². The number of benzene rings is 1. The number of oxime groups is 1. The molecule has 0 atom stereocenters. The van der Waals surface area contributed by atoms with E-state index in [0.29, 0.717) is 5.56 Å². The van der Waals surface area contributed by atoms with Crippen molar-refractivity contribution in [3.05, 3.63) is 35.2 Å². The quantitative estimate of drug-likeness (QED) is 0.385. The summed E-state index contributed by atoms with van der Waals surface area (Å²) in [6.45, 7) is 3.86. The van der Waals surface area contributed by atoms with Crippen molar-refractivity contribution >= 4 is 17.6 Å². The molecule has 100 valence electrons. The van der Waals surface area contributed by atoms with E-state index in [0.717, 1.165) is 21.4 Å². The SMILES string of the molecule is Cc1cccc(/C(N)=N/O)c1Sc1nnc(C)n1C. The van der Waals surface area contributed by atoms with Gasteiger partial charge >= 0.3 is 0 Å². The molecule has 0 saturated carbocycles. The predicted molar refractivity (Wildman–Crippen MR) is 73.6 cm³/mol. The summed E-state index contributed by atoms with van der Waals surface area (Å²) < 4.78 is 1.90. The molecule has 0 aliphatic carbocycles. The lowest BCUT2D eigenvalue weighted by molar-refractivity contribution is 0.318. The topological polar surface area (TPSA) is 89.3 Å². The van der Waals surface area contributed by atoms with E-state index >= 15 is 0 Å². The van der Waals surface area contributed by atoms with Crippen LogP contribution < -0.4 is 5.73 Å². The highest BCUT2D eigenvalue weighted by molar-refractivity contribution is 7.99. The second-order valence-corrected chi connectivity index (χ2v) is 5.11. The molecule has 1 aromatic heterocycles. The summed E-state index contributed by atoms with van der Waals surface area (Å²) in [7, 11) is 1.90. The standard InChI is InChI=1S/C12H15N5OS/c1-7-5-4-6-9(11(13)16-18)10(7)19-12-15-14-8(2)17(12)3/h4-6,18H,1-3H3,(H2,13,16). The third-order valence-electron chi connectivity index (χ3n) is 2.84. The molecule has 6 nitrogen and oxygen atoms in total. The summed E-state index contributed by atoms with van der Waals surface area (Å²) in [5, 5.41) is 20.8. The summed E-state index contributed by atoms with van der Waals surface area (Å²) in [6, 6.07) is 5.65. The van der Waals surface area contributed by atoms with E-state index in [9.17, 15) is 0 Å². The second-order valence-electron chi connectivity index (χ2n) is 4.13. The molecule has 7 heteroatoms. The van der Waals surface area contributed by atoms with Crippen molar-refractivity contribution in [2.45, 2.75) is 23.9 Å². The molecule has 0 unspecified atom stereocenters. The summed E-state index contributed by atoms with van der Waals surface area (Å²) in [5.74, 6) is 0.923. The Bertz CT molecular complexity index is 635. The molecule has 2 aromatic rings. The Kier molecular flexibility index (Phi) is 3.75. The van der Waals surface area contributed by atoms with Crippen LogP contribution in [0.4, 0.5) is 0 Å². The zero-order valence-electron chi connectivity index (χ0n) is 11.0. The van der Waals surface area contributed by atoms with E-state index < -0.39 is 0 Å². The number of rotatable bonds is 3. The molecular weight excluding hydrogens is 262 g/mol. The highest BCUT2D eigenvalue weighted by Gasteiger charge is 2.14. The average molecular weight is 277 g/mol. The molecule has 1 aromatic carbocycles. The summed E-state index contributed by atoms with van der Waals surface area (Å²) in [4.78, 5) is 0.910. The van der Waals surface area contributed by atoms with Gasteiger partial charge in [-0.1, -0.05) is 17.3 Å². The number of nitrogens with zero attached hydrogens (tertiary/aromatic N) is 4. The molecule has 3 N–H and O–H groups in total. The lowest BCUT2D eigenvalue weighted by Gasteiger charge is -2.10. The number of aromatic nitrogens is 3. The van der Waals surface area contributed by atoms with Crippen LogP contribution in [0.3, 0.4) is 0 Å². The lowest BCUT2D eigenvalue weighted by Crippen LogP contribution is -2.14. The third-order valence-corrected chi connectivity index (χ3v) is 4.13. The van der Waals surface area contributed by atoms with Crippen LogP contribution in [-0.4, -0.2) is 25.8 Å². The van der Waals surface area contributed by atoms with E-state index in [-0.39, 0.29) is 5.84 Å². The van der Waals surface area contributed by atoms with Crippen LogP contribution >= 0.6 is 11.8 Å². The van der Waals surface area contributed by atoms with E-state index in [1.807, 2.05) is 43.7 Å². The normalized spacial score (nSPS) is 11.8. The van der Waals surface area contributed by atoms with Crippen molar-refractivity contribution in [2.75, 3.05) is 0 Å². The maximum atomic E-state index is 8.85. The molecule has 0 saturated heterocycles. The molecular formula is C12H15N5OS. The van der Waals surface area contributed by atoms with Crippen LogP contribution in [0.25, 0.3) is 0 Å². The molecule has 0 fully saturated rings. The fourth-order valence-electron chi connectivity index (χ4n) is 1.61. The Morgan fingerprint density at radius 1 is 1.37 bits per heavy atom. The molecule has 2 rings (SSSR count). The summed E-state index contributed by atoms with van der Waals surface area (Å²) in [5.41, 5.74) is 7.43. The highest BCUT2D eigenvalue weighted by atomic mass is 32.2. The maximum Gasteiger partial charge on any atom is 0.195 e. The van der Waals surface area contributed by atoms with Gasteiger partial charge in [-0.3, -0.25) is 0 Å². The van der Waals surface area contributed by atoms with Crippen molar-refractivity contribution in [1.29, 1.82) is 0 Å². The zero-order valence-corrected chi connectivity index (χ0v) is 11.8. The van der Waals surface area contributed by atoms with Gasteiger partial charge in [0.2, 0.25) is 0 Å². The maximum absolute atomic E-state index is 8.85. The average Bonchev–Trinajstić information content (AvgIpc) is 2.72. The Morgan fingerprint density at radius 3 is 2.68 bits per heavy atom. The first-order valence-corrected chi connectivity index (χ1v) is 6.47. The van der Waals surface area contributed by atoms with Gasteiger partial charge in [0, 0.05) is 17.5 Å². The Balaban J connectivity index is 2.48. The number of nitrogens with two attached hydrogens (primary N) is 1. The van der Waals surface area contributed by atoms with Gasteiger partial charge in [0.05, 0.1) is 0 Å². The van der Waals surface area contributed by atoms with E-state index in [1.54, 1.807) is 0 Å². The Hall–Kier alpha value is -2.02. The minimum Gasteiger partial charge on any atom is -0.409 e. The van der Waals surface area contributed by atoms with Crippen LogP contribution in [0.5, 0.6) is 0 Å². The molecule has 0 spiro atoms. The first-order chi connectivity index (χ1) is 9.04. The first kappa shape index (κ1) is 13.4. The molecule has 0 bridgehead atoms. The predicted octanol–water partition coefficient (Wildman–Crippen LogP) is 1.68. The van der Waals surface area contributed by atoms with Gasteiger partial charge in [-0.15, -0.1) is 10.2 Å². The number of amidine groups is 1. The van der Waals surface area contributed by atoms with Gasteiger partial charge < -0.3 is 15.5 Å². The minimum atomic E-state index is 0.0880. The van der Waals surface area contributed by atoms with Gasteiger partial charge in [0.1, 0.15) is 5.82 Å². The molecule has 19 heavy (non-hydrogen) atoms. The van der Waals surface area contributed by atoms with Gasteiger partial charge in [-0.2, -0.15) is 0 Å². The number of aryl methyl sites for hydroxylation is 2. The first-order valence-electron chi connectivity index (χ1n) is 5.66. The van der Waals surface area contributed by atoms with Gasteiger partial charge in [-0.25, -0.2) is 0 Å². The van der Waals surface area contributed by atoms with Crippen molar-refractivity contribution in [1.82, 2.24) is 14.8 Å². The molecule has 0 radical (unpaired) electrons. The molecule has 1 heterocycles. The van der Waals surface area contributed by atoms with Gasteiger partial charge in [-0.05, 0) is 37.2 Å². The van der Waals surface area contributed by atoms with Crippen LogP contribution in [-0.2, 0) is 7.05 Å². The summed E-state index contributed by atoms with van der Waals surface area (Å²) in [6.07, 6.45) is 0. The van der Waals surface area contributed by atoms with E-state index in [4.69, 9.17) is 10.9 Å². The fraction of sp³-hybridized carbons (Fsp3) is 0.250. The monoisotopic (exact) mass is 277 g/mol. The van der Waals surface area contributed by atoms with Crippen molar-refractivity contribution in [2.24, 2.45) is 17.9 Å². The smallest absolute Gasteiger partial charge is 0.195 e. The number of hydrogen-bond acceptors (Lipinski definition) is 5. The van der Waals surface area contributed by atoms with Crippen molar-refractivity contribution < 1.29 is 5.21 Å². The fourth-order valence-corrected chi connectivity index (χ4v) is 2.66. The highest BCUT2D eigenvalue weighted by Crippen LogP contribution is 2.32. The molecule has 0 amide bonds. The van der Waals surface area contributed by atoms with E-state index in [1.165, 1.54) is 11.8 Å². The molecule has 0 aliphatic heterocycles. The van der Waals surface area contributed by atoms with Crippen LogP contribution in [0.1, 0.15) is 17.0 Å². The number of hydrogen-bond donors (Lipinski definition) is 2. The van der Waals surface area contributed by atoms with Crippen molar-refractivity contribution in [3.8, 4) is 0 Å². The largest absolute Gasteiger partial charge is 0.409 e.